The monoisotopic (exact) mass is 592 g/mol. The van der Waals surface area contributed by atoms with Crippen LogP contribution in [0.4, 0.5) is 22.4 Å². The number of fused-ring (bicyclic) bond motifs is 2. The molecule has 0 bridgehead atoms. The van der Waals surface area contributed by atoms with E-state index in [4.69, 9.17) is 0 Å². The zero-order chi connectivity index (χ0) is 29.7. The van der Waals surface area contributed by atoms with E-state index in [1.165, 1.54) is 24.3 Å². The predicted molar refractivity (Wildman–Crippen MR) is 140 cm³/mol. The summed E-state index contributed by atoms with van der Waals surface area (Å²) in [5.74, 6) is -3.39. The van der Waals surface area contributed by atoms with Gasteiger partial charge in [0, 0.05) is 30.1 Å². The van der Waals surface area contributed by atoms with Crippen LogP contribution in [0, 0.1) is 5.82 Å². The van der Waals surface area contributed by atoms with Crippen molar-refractivity contribution in [1.29, 1.82) is 0 Å². The lowest BCUT2D eigenvalue weighted by molar-refractivity contribution is -0.187. The third-order valence-corrected chi connectivity index (χ3v) is 9.08. The Kier molecular flexibility index (Phi) is 7.04. The Morgan fingerprint density at radius 1 is 1.15 bits per heavy atom. The molecule has 0 saturated carbocycles. The zero-order valence-electron chi connectivity index (χ0n) is 21.4. The summed E-state index contributed by atoms with van der Waals surface area (Å²) in [6, 6.07) is 9.17. The van der Waals surface area contributed by atoms with Gasteiger partial charge in [-0.25, -0.2) is 9.18 Å². The summed E-state index contributed by atoms with van der Waals surface area (Å²) in [5.41, 5.74) is -0.357. The first-order valence-electron chi connectivity index (χ1n) is 12.3. The van der Waals surface area contributed by atoms with Gasteiger partial charge in [0.1, 0.15) is 18.4 Å². The molecule has 2 aromatic carbocycles. The Morgan fingerprint density at radius 2 is 1.85 bits per heavy atom. The van der Waals surface area contributed by atoms with Crippen molar-refractivity contribution >= 4 is 28.4 Å². The molecule has 3 N–H and O–H groups in total. The number of halogens is 4. The molecule has 5 rings (SSSR count). The number of nitrogens with zero attached hydrogens (tertiary/aromatic N) is 3. The van der Waals surface area contributed by atoms with Crippen LogP contribution in [0.5, 0.6) is 0 Å². The third-order valence-electron chi connectivity index (χ3n) is 7.20. The van der Waals surface area contributed by atoms with Crippen molar-refractivity contribution < 1.29 is 41.1 Å². The fourth-order valence-electron chi connectivity index (χ4n) is 5.00. The summed E-state index contributed by atoms with van der Waals surface area (Å²) in [6.07, 6.45) is -1.70. The molecule has 4 amide bonds. The summed E-state index contributed by atoms with van der Waals surface area (Å²) in [5, 5.41) is 2.45. The highest BCUT2D eigenvalue weighted by Gasteiger charge is 2.60. The molecule has 41 heavy (non-hydrogen) atoms. The molecule has 0 aliphatic carbocycles. The van der Waals surface area contributed by atoms with E-state index >= 15 is 0 Å². The standard InChI is InChI=1S/C27H24F4N4O5S/c1-16(27(29,30)31)34(13-17-4-7-20(28)8-5-17)23(36)14-35-24(37)26(33-25(35)38)15-41(39,40)22-11-18(6-9-21(22)26)19-3-2-10-32-12-19/h2-12,16,39-40H,13-15H2,1H3,(H,33,38)/t16-,26?/m0/s1. The molecule has 0 radical (unpaired) electrons. The second kappa shape index (κ2) is 10.1. The highest BCUT2D eigenvalue weighted by molar-refractivity contribution is 8.24. The molecule has 1 spiro atoms. The van der Waals surface area contributed by atoms with Crippen LogP contribution in [-0.2, 0) is 21.7 Å². The lowest BCUT2D eigenvalue weighted by Gasteiger charge is -2.32. The van der Waals surface area contributed by atoms with Gasteiger partial charge in [0.15, 0.2) is 5.54 Å². The Hall–Kier alpha value is -4.01. The predicted octanol–water partition coefficient (Wildman–Crippen LogP) is 4.74. The van der Waals surface area contributed by atoms with E-state index in [2.05, 4.69) is 10.3 Å². The Balaban J connectivity index is 1.44. The number of pyridine rings is 1. The minimum absolute atomic E-state index is 0.0318. The van der Waals surface area contributed by atoms with Gasteiger partial charge in [0.05, 0.1) is 10.6 Å². The second-order valence-corrected chi connectivity index (χ2v) is 11.9. The maximum atomic E-state index is 13.7. The maximum Gasteiger partial charge on any atom is 0.408 e. The summed E-state index contributed by atoms with van der Waals surface area (Å²) in [6.45, 7) is -0.831. The van der Waals surface area contributed by atoms with E-state index in [-0.39, 0.29) is 16.0 Å². The van der Waals surface area contributed by atoms with Crippen molar-refractivity contribution in [2.75, 3.05) is 12.3 Å². The number of imide groups is 1. The van der Waals surface area contributed by atoms with Gasteiger partial charge in [-0.3, -0.25) is 28.6 Å². The van der Waals surface area contributed by atoms with Gasteiger partial charge in [-0.2, -0.15) is 23.8 Å². The van der Waals surface area contributed by atoms with E-state index in [1.807, 2.05) is 0 Å². The number of amides is 4. The Morgan fingerprint density at radius 3 is 2.49 bits per heavy atom. The topological polar surface area (TPSA) is 123 Å². The number of urea groups is 1. The molecule has 2 atom stereocenters. The fraction of sp³-hybridized carbons (Fsp3) is 0.259. The van der Waals surface area contributed by atoms with Gasteiger partial charge in [-0.05, 0) is 42.3 Å². The zero-order valence-corrected chi connectivity index (χ0v) is 22.2. The number of hydrogen-bond acceptors (Lipinski definition) is 6. The Labute approximate surface area is 233 Å². The van der Waals surface area contributed by atoms with Crippen molar-refractivity contribution in [3.8, 4) is 11.1 Å². The van der Waals surface area contributed by atoms with Gasteiger partial charge < -0.3 is 10.2 Å². The molecule has 3 heterocycles. The first-order chi connectivity index (χ1) is 19.2. The molecule has 1 aromatic heterocycles. The molecular formula is C27H24F4N4O5S. The van der Waals surface area contributed by atoms with Crippen molar-refractivity contribution in [1.82, 2.24) is 20.1 Å². The van der Waals surface area contributed by atoms with Crippen molar-refractivity contribution in [2.24, 2.45) is 0 Å². The molecule has 3 aromatic rings. The summed E-state index contributed by atoms with van der Waals surface area (Å²) >= 11 is 0. The van der Waals surface area contributed by atoms with Gasteiger partial charge >= 0.3 is 12.2 Å². The van der Waals surface area contributed by atoms with Gasteiger partial charge in [0.25, 0.3) is 5.91 Å². The number of carbonyl (C=O) groups excluding carboxylic acids is 3. The van der Waals surface area contributed by atoms with Crippen molar-refractivity contribution in [3.63, 3.8) is 0 Å². The first-order valence-corrected chi connectivity index (χ1v) is 14.0. The summed E-state index contributed by atoms with van der Waals surface area (Å²) in [4.78, 5) is 44.8. The summed E-state index contributed by atoms with van der Waals surface area (Å²) < 4.78 is 76.2. The lowest BCUT2D eigenvalue weighted by atomic mass is 9.90. The van der Waals surface area contributed by atoms with Crippen LogP contribution in [0.15, 0.2) is 71.9 Å². The number of carbonyl (C=O) groups is 3. The average Bonchev–Trinajstić information content (AvgIpc) is 3.30. The maximum absolute atomic E-state index is 13.7. The van der Waals surface area contributed by atoms with E-state index in [0.717, 1.165) is 19.1 Å². The molecular weight excluding hydrogens is 568 g/mol. The van der Waals surface area contributed by atoms with Crippen LogP contribution in [0.1, 0.15) is 18.1 Å². The highest BCUT2D eigenvalue weighted by Crippen LogP contribution is 2.62. The van der Waals surface area contributed by atoms with Crippen LogP contribution >= 0.6 is 10.6 Å². The molecule has 2 aliphatic heterocycles. The van der Waals surface area contributed by atoms with Gasteiger partial charge in [0.2, 0.25) is 5.91 Å². The fourth-order valence-corrected chi connectivity index (χ4v) is 7.02. The third kappa shape index (κ3) is 5.13. The normalized spacial score (nSPS) is 21.0. The average molecular weight is 593 g/mol. The van der Waals surface area contributed by atoms with Crippen LogP contribution in [0.25, 0.3) is 11.1 Å². The molecule has 216 valence electrons. The smallest absolute Gasteiger partial charge is 0.325 e. The SMILES string of the molecule is C[C@H](N(Cc1ccc(F)cc1)C(=O)CN1C(=O)NC2(CS(O)(O)c3cc(-c4cccnc4)ccc32)C1=O)C(F)(F)F. The van der Waals surface area contributed by atoms with E-state index < -0.39 is 70.9 Å². The molecule has 2 aliphatic rings. The molecule has 14 heteroatoms. The largest absolute Gasteiger partial charge is 0.408 e. The first kappa shape index (κ1) is 28.5. The number of aromatic nitrogens is 1. The molecule has 1 unspecified atom stereocenters. The minimum atomic E-state index is -4.83. The van der Waals surface area contributed by atoms with Crippen molar-refractivity contribution in [2.45, 2.75) is 36.1 Å². The van der Waals surface area contributed by atoms with Crippen LogP contribution in [0.2, 0.25) is 0 Å². The minimum Gasteiger partial charge on any atom is -0.325 e. The molecule has 1 fully saturated rings. The lowest BCUT2D eigenvalue weighted by Crippen LogP contribution is -2.51. The van der Waals surface area contributed by atoms with Crippen LogP contribution in [-0.4, -0.2) is 66.3 Å². The van der Waals surface area contributed by atoms with E-state index in [9.17, 15) is 41.1 Å². The number of hydrogen-bond donors (Lipinski definition) is 3. The van der Waals surface area contributed by atoms with E-state index in [1.54, 1.807) is 30.6 Å². The number of benzene rings is 2. The molecule has 9 nitrogen and oxygen atoms in total. The van der Waals surface area contributed by atoms with Gasteiger partial charge in [-0.1, -0.05) is 30.3 Å². The summed E-state index contributed by atoms with van der Waals surface area (Å²) in [7, 11) is -3.59. The number of nitrogens with one attached hydrogen (secondary N) is 1. The van der Waals surface area contributed by atoms with E-state index in [0.29, 0.717) is 20.9 Å². The quantitative estimate of drug-likeness (QED) is 0.281. The number of alkyl halides is 3. The highest BCUT2D eigenvalue weighted by atomic mass is 32.3. The number of rotatable bonds is 6. The molecule has 1 saturated heterocycles. The second-order valence-electron chi connectivity index (χ2n) is 9.86. The van der Waals surface area contributed by atoms with Crippen molar-refractivity contribution in [3.05, 3.63) is 83.9 Å². The van der Waals surface area contributed by atoms with Crippen LogP contribution < -0.4 is 5.32 Å². The Bertz CT molecular complexity index is 1520. The van der Waals surface area contributed by atoms with Crippen LogP contribution in [0.3, 0.4) is 0 Å². The van der Waals surface area contributed by atoms with Gasteiger partial charge in [-0.15, -0.1) is 0 Å².